The monoisotopic (exact) mass is 378 g/mol. The van der Waals surface area contributed by atoms with Gasteiger partial charge < -0.3 is 5.11 Å². The van der Waals surface area contributed by atoms with Crippen LogP contribution in [0.1, 0.15) is 24.8 Å². The second kappa shape index (κ2) is 8.30. The first kappa shape index (κ1) is 19.0. The van der Waals surface area contributed by atoms with E-state index in [4.69, 9.17) is 0 Å². The minimum atomic E-state index is -3.61. The van der Waals surface area contributed by atoms with Gasteiger partial charge in [-0.25, -0.2) is 17.8 Å². The molecule has 26 heavy (non-hydrogen) atoms. The van der Waals surface area contributed by atoms with Crippen LogP contribution in [0.3, 0.4) is 0 Å². The van der Waals surface area contributed by atoms with Gasteiger partial charge in [0.15, 0.2) is 0 Å². The molecule has 1 aromatic carbocycles. The van der Waals surface area contributed by atoms with E-state index in [9.17, 15) is 13.5 Å². The SMILES string of the molecule is Cc1ccc(-n2cccn2)cc1S(=O)(=O)NCCN1CCCC[C@H]1CO. The summed E-state index contributed by atoms with van der Waals surface area (Å²) in [6.45, 7) is 3.74. The standard InChI is InChI=1S/C18H26N4O3S/c1-15-6-7-16(22-11-4-8-19-22)13-18(15)26(24,25)20-9-12-21-10-3-2-5-17(21)14-23/h4,6-8,11,13,17,20,23H,2-3,5,9-10,12,14H2,1H3/t17-/m0/s1. The Kier molecular flexibility index (Phi) is 6.08. The molecule has 0 spiro atoms. The number of benzene rings is 1. The molecule has 8 heteroatoms. The predicted molar refractivity (Wildman–Crippen MR) is 99.8 cm³/mol. The highest BCUT2D eigenvalue weighted by molar-refractivity contribution is 7.89. The fraction of sp³-hybridized carbons (Fsp3) is 0.500. The molecule has 2 aromatic rings. The second-order valence-corrected chi connectivity index (χ2v) is 8.40. The molecule has 1 saturated heterocycles. The molecule has 0 aliphatic carbocycles. The first-order valence-corrected chi connectivity index (χ1v) is 10.4. The number of piperidine rings is 1. The summed E-state index contributed by atoms with van der Waals surface area (Å²) in [4.78, 5) is 2.43. The molecule has 1 fully saturated rings. The molecule has 7 nitrogen and oxygen atoms in total. The molecule has 0 unspecified atom stereocenters. The van der Waals surface area contributed by atoms with Gasteiger partial charge in [0.1, 0.15) is 0 Å². The van der Waals surface area contributed by atoms with Crippen molar-refractivity contribution >= 4 is 10.0 Å². The van der Waals surface area contributed by atoms with E-state index in [2.05, 4.69) is 14.7 Å². The van der Waals surface area contributed by atoms with Crippen molar-refractivity contribution in [3.05, 3.63) is 42.2 Å². The lowest BCUT2D eigenvalue weighted by molar-refractivity contribution is 0.0923. The lowest BCUT2D eigenvalue weighted by Crippen LogP contribution is -2.45. The number of aryl methyl sites for hydroxylation is 1. The van der Waals surface area contributed by atoms with Crippen molar-refractivity contribution in [1.82, 2.24) is 19.4 Å². The summed E-state index contributed by atoms with van der Waals surface area (Å²) in [5, 5.41) is 13.6. The fourth-order valence-electron chi connectivity index (χ4n) is 3.40. The summed E-state index contributed by atoms with van der Waals surface area (Å²) in [6, 6.07) is 7.21. The lowest BCUT2D eigenvalue weighted by Gasteiger charge is -2.34. The number of hydrogen-bond donors (Lipinski definition) is 2. The number of rotatable bonds is 7. The number of sulfonamides is 1. The Labute approximate surface area is 154 Å². The number of aliphatic hydroxyl groups is 1. The molecule has 142 valence electrons. The van der Waals surface area contributed by atoms with Crippen molar-refractivity contribution in [3.8, 4) is 5.69 Å². The van der Waals surface area contributed by atoms with Gasteiger partial charge in [0.05, 0.1) is 17.2 Å². The maximum atomic E-state index is 12.8. The summed E-state index contributed by atoms with van der Waals surface area (Å²) < 4.78 is 29.9. The van der Waals surface area contributed by atoms with Crippen molar-refractivity contribution < 1.29 is 13.5 Å². The number of aliphatic hydroxyl groups excluding tert-OH is 1. The van der Waals surface area contributed by atoms with Crippen LogP contribution >= 0.6 is 0 Å². The number of aromatic nitrogens is 2. The maximum absolute atomic E-state index is 12.8. The van der Waals surface area contributed by atoms with Gasteiger partial charge in [-0.05, 0) is 50.1 Å². The van der Waals surface area contributed by atoms with Crippen LogP contribution in [-0.4, -0.2) is 60.5 Å². The fourth-order valence-corrected chi connectivity index (χ4v) is 4.69. The third-order valence-corrected chi connectivity index (χ3v) is 6.48. The highest BCUT2D eigenvalue weighted by Gasteiger charge is 2.23. The summed E-state index contributed by atoms with van der Waals surface area (Å²) in [5.74, 6) is 0. The van der Waals surface area contributed by atoms with Crippen molar-refractivity contribution in [2.45, 2.75) is 37.1 Å². The highest BCUT2D eigenvalue weighted by atomic mass is 32.2. The van der Waals surface area contributed by atoms with Crippen molar-refractivity contribution in [1.29, 1.82) is 0 Å². The van der Waals surface area contributed by atoms with Gasteiger partial charge in [0, 0.05) is 31.5 Å². The molecular weight excluding hydrogens is 352 g/mol. The molecule has 1 aromatic heterocycles. The number of likely N-dealkylation sites (tertiary alicyclic amines) is 1. The minimum absolute atomic E-state index is 0.123. The van der Waals surface area contributed by atoms with Gasteiger partial charge in [-0.2, -0.15) is 5.10 Å². The molecule has 1 aliphatic rings. The van der Waals surface area contributed by atoms with Crippen molar-refractivity contribution in [2.75, 3.05) is 26.2 Å². The number of nitrogens with zero attached hydrogens (tertiary/aromatic N) is 3. The Morgan fingerprint density at radius 2 is 2.19 bits per heavy atom. The van der Waals surface area contributed by atoms with Crippen LogP contribution in [0.25, 0.3) is 5.69 Å². The Bertz CT molecular complexity index is 821. The van der Waals surface area contributed by atoms with E-state index < -0.39 is 10.0 Å². The normalized spacial score (nSPS) is 18.9. The molecule has 0 amide bonds. The van der Waals surface area contributed by atoms with Crippen LogP contribution in [0.4, 0.5) is 0 Å². The molecule has 2 heterocycles. The van der Waals surface area contributed by atoms with Crippen LogP contribution in [-0.2, 0) is 10.0 Å². The summed E-state index contributed by atoms with van der Waals surface area (Å²) in [6.07, 6.45) is 6.61. The Morgan fingerprint density at radius 1 is 1.35 bits per heavy atom. The summed E-state index contributed by atoms with van der Waals surface area (Å²) >= 11 is 0. The second-order valence-electron chi connectivity index (χ2n) is 6.67. The molecule has 2 N–H and O–H groups in total. The minimum Gasteiger partial charge on any atom is -0.395 e. The zero-order chi connectivity index (χ0) is 18.6. The van der Waals surface area contributed by atoms with Crippen LogP contribution < -0.4 is 4.72 Å². The van der Waals surface area contributed by atoms with Crippen LogP contribution in [0, 0.1) is 6.92 Å². The highest BCUT2D eigenvalue weighted by Crippen LogP contribution is 2.20. The van der Waals surface area contributed by atoms with Crippen molar-refractivity contribution in [2.24, 2.45) is 0 Å². The molecule has 3 rings (SSSR count). The number of hydrogen-bond acceptors (Lipinski definition) is 5. The Morgan fingerprint density at radius 3 is 2.92 bits per heavy atom. The van der Waals surface area contributed by atoms with Gasteiger partial charge in [0.2, 0.25) is 10.0 Å². The van der Waals surface area contributed by atoms with E-state index in [-0.39, 0.29) is 17.5 Å². The molecule has 1 aliphatic heterocycles. The van der Waals surface area contributed by atoms with Crippen LogP contribution in [0.15, 0.2) is 41.6 Å². The van der Waals surface area contributed by atoms with Gasteiger partial charge in [-0.15, -0.1) is 0 Å². The molecule has 0 saturated carbocycles. The topological polar surface area (TPSA) is 87.5 Å². The first-order chi connectivity index (χ1) is 12.5. The van der Waals surface area contributed by atoms with Crippen molar-refractivity contribution in [3.63, 3.8) is 0 Å². The zero-order valence-corrected chi connectivity index (χ0v) is 15.8. The largest absolute Gasteiger partial charge is 0.395 e. The van der Waals surface area contributed by atoms with Gasteiger partial charge in [-0.3, -0.25) is 4.90 Å². The Hall–Kier alpha value is -1.74. The van der Waals surface area contributed by atoms with E-state index in [0.717, 1.165) is 25.8 Å². The average Bonchev–Trinajstić information content (AvgIpc) is 3.17. The van der Waals surface area contributed by atoms with Gasteiger partial charge in [0.25, 0.3) is 0 Å². The maximum Gasteiger partial charge on any atom is 0.240 e. The first-order valence-electron chi connectivity index (χ1n) is 8.96. The van der Waals surface area contributed by atoms with Crippen LogP contribution in [0.2, 0.25) is 0 Å². The van der Waals surface area contributed by atoms with E-state index in [1.165, 1.54) is 0 Å². The van der Waals surface area contributed by atoms with E-state index in [0.29, 0.717) is 24.3 Å². The third-order valence-electron chi connectivity index (χ3n) is 4.88. The Balaban J connectivity index is 1.69. The average molecular weight is 378 g/mol. The lowest BCUT2D eigenvalue weighted by atomic mass is 10.0. The third kappa shape index (κ3) is 4.32. The van der Waals surface area contributed by atoms with Crippen LogP contribution in [0.5, 0.6) is 0 Å². The summed E-state index contributed by atoms with van der Waals surface area (Å²) in [7, 11) is -3.61. The van der Waals surface area contributed by atoms with E-state index in [1.54, 1.807) is 42.2 Å². The number of nitrogens with one attached hydrogen (secondary N) is 1. The molecule has 0 radical (unpaired) electrons. The molecule has 0 bridgehead atoms. The van der Waals surface area contributed by atoms with Gasteiger partial charge in [-0.1, -0.05) is 12.5 Å². The molecular formula is C18H26N4O3S. The zero-order valence-electron chi connectivity index (χ0n) is 15.0. The quantitative estimate of drug-likeness (QED) is 0.758. The smallest absolute Gasteiger partial charge is 0.240 e. The molecule has 1 atom stereocenters. The predicted octanol–water partition coefficient (Wildman–Crippen LogP) is 1.31. The van der Waals surface area contributed by atoms with E-state index >= 15 is 0 Å². The summed E-state index contributed by atoms with van der Waals surface area (Å²) in [5.41, 5.74) is 1.40. The van der Waals surface area contributed by atoms with E-state index in [1.807, 2.05) is 6.07 Å². The van der Waals surface area contributed by atoms with Gasteiger partial charge >= 0.3 is 0 Å².